The monoisotopic (exact) mass is 478 g/mol. The summed E-state index contributed by atoms with van der Waals surface area (Å²) in [6.07, 6.45) is 1.41. The van der Waals surface area contributed by atoms with Gasteiger partial charge in [0.2, 0.25) is 11.8 Å². The van der Waals surface area contributed by atoms with Gasteiger partial charge in [-0.05, 0) is 61.5 Å². The van der Waals surface area contributed by atoms with E-state index in [0.29, 0.717) is 22.9 Å². The lowest BCUT2D eigenvalue weighted by molar-refractivity contribution is -0.121. The Morgan fingerprint density at radius 1 is 0.971 bits per heavy atom. The van der Waals surface area contributed by atoms with E-state index in [-0.39, 0.29) is 30.6 Å². The van der Waals surface area contributed by atoms with Gasteiger partial charge in [0.1, 0.15) is 0 Å². The first kappa shape index (κ1) is 24.0. The summed E-state index contributed by atoms with van der Waals surface area (Å²) in [5.74, 6) is -0.552. The molecular weight excluding hydrogens is 448 g/mol. The van der Waals surface area contributed by atoms with Crippen LogP contribution >= 0.6 is 11.3 Å². The number of amides is 3. The smallest absolute Gasteiger partial charge is 0.260 e. The Bertz CT molecular complexity index is 1180. The summed E-state index contributed by atoms with van der Waals surface area (Å²) < 4.78 is 1.07. The van der Waals surface area contributed by atoms with E-state index in [1.54, 1.807) is 29.2 Å². The van der Waals surface area contributed by atoms with Crippen molar-refractivity contribution in [2.24, 2.45) is 0 Å². The van der Waals surface area contributed by atoms with Gasteiger partial charge in [0.25, 0.3) is 5.91 Å². The van der Waals surface area contributed by atoms with Gasteiger partial charge in [-0.3, -0.25) is 24.2 Å². The quantitative estimate of drug-likeness (QED) is 0.424. The lowest BCUT2D eigenvalue weighted by Crippen LogP contribution is -2.39. The minimum atomic E-state index is -0.203. The number of aromatic nitrogens is 1. The first-order chi connectivity index (χ1) is 16.4. The molecular formula is C26H30N4O3S. The largest absolute Gasteiger partial charge is 0.302 e. The van der Waals surface area contributed by atoms with Crippen molar-refractivity contribution in [3.8, 4) is 0 Å². The zero-order chi connectivity index (χ0) is 24.2. The number of benzene rings is 2. The first-order valence-corrected chi connectivity index (χ1v) is 12.7. The molecule has 3 aromatic rings. The molecule has 2 aromatic carbocycles. The van der Waals surface area contributed by atoms with Crippen molar-refractivity contribution in [1.82, 2.24) is 9.88 Å². The fourth-order valence-corrected chi connectivity index (χ4v) is 5.18. The van der Waals surface area contributed by atoms with Crippen molar-refractivity contribution in [2.75, 3.05) is 36.0 Å². The lowest BCUT2D eigenvalue weighted by Gasteiger charge is -2.25. The number of thiazole rings is 1. The standard InChI is InChI=1S/C26H30N4O3S/c1-4-18-7-12-21-22(17-18)34-26(27-21)29(16-15-28(5-2)6-3)25(33)19-8-10-20(11-9-19)30-23(31)13-14-24(30)32/h7-12,17H,4-6,13-16H2,1-3H3. The van der Waals surface area contributed by atoms with Crippen LogP contribution in [-0.2, 0) is 16.0 Å². The zero-order valence-electron chi connectivity index (χ0n) is 19.9. The number of aryl methyl sites for hydroxylation is 1. The van der Waals surface area contributed by atoms with Crippen LogP contribution in [0.4, 0.5) is 10.8 Å². The highest BCUT2D eigenvalue weighted by Crippen LogP contribution is 2.31. The van der Waals surface area contributed by atoms with Crippen LogP contribution in [-0.4, -0.2) is 53.8 Å². The van der Waals surface area contributed by atoms with Crippen molar-refractivity contribution >= 4 is 50.1 Å². The predicted molar refractivity (Wildman–Crippen MR) is 137 cm³/mol. The van der Waals surface area contributed by atoms with Gasteiger partial charge in [0.05, 0.1) is 15.9 Å². The summed E-state index contributed by atoms with van der Waals surface area (Å²) in [7, 11) is 0. The third-order valence-corrected chi connectivity index (χ3v) is 7.33. The molecule has 2 heterocycles. The fraction of sp³-hybridized carbons (Fsp3) is 0.385. The number of likely N-dealkylation sites (N-methyl/N-ethyl adjacent to an activating group) is 1. The molecule has 1 aliphatic heterocycles. The van der Waals surface area contributed by atoms with E-state index in [4.69, 9.17) is 4.98 Å². The number of hydrogen-bond donors (Lipinski definition) is 0. The van der Waals surface area contributed by atoms with E-state index >= 15 is 0 Å². The normalized spacial score (nSPS) is 13.9. The third kappa shape index (κ3) is 4.88. The molecule has 7 nitrogen and oxygen atoms in total. The fourth-order valence-electron chi connectivity index (χ4n) is 4.13. The van der Waals surface area contributed by atoms with Crippen molar-refractivity contribution in [3.05, 3.63) is 53.6 Å². The van der Waals surface area contributed by atoms with E-state index in [9.17, 15) is 14.4 Å². The van der Waals surface area contributed by atoms with E-state index in [0.717, 1.165) is 36.3 Å². The summed E-state index contributed by atoms with van der Waals surface area (Å²) in [6, 6.07) is 12.9. The molecule has 178 valence electrons. The van der Waals surface area contributed by atoms with Gasteiger partial charge in [-0.25, -0.2) is 4.98 Å². The van der Waals surface area contributed by atoms with Crippen LogP contribution in [0, 0.1) is 0 Å². The molecule has 1 saturated heterocycles. The molecule has 0 radical (unpaired) electrons. The van der Waals surface area contributed by atoms with Gasteiger partial charge >= 0.3 is 0 Å². The van der Waals surface area contributed by atoms with E-state index < -0.39 is 0 Å². The Morgan fingerprint density at radius 2 is 1.65 bits per heavy atom. The van der Waals surface area contributed by atoms with Gasteiger partial charge in [-0.15, -0.1) is 0 Å². The average Bonchev–Trinajstić information content (AvgIpc) is 3.43. The number of rotatable bonds is 9. The highest BCUT2D eigenvalue weighted by Gasteiger charge is 2.30. The van der Waals surface area contributed by atoms with Crippen LogP contribution < -0.4 is 9.80 Å². The Hall–Kier alpha value is -3.10. The maximum Gasteiger partial charge on any atom is 0.260 e. The SMILES string of the molecule is CCc1ccc2nc(N(CCN(CC)CC)C(=O)c3ccc(N4C(=O)CCC4=O)cc3)sc2c1. The molecule has 0 bridgehead atoms. The Morgan fingerprint density at radius 3 is 2.26 bits per heavy atom. The van der Waals surface area contributed by atoms with E-state index in [2.05, 4.69) is 37.8 Å². The van der Waals surface area contributed by atoms with Crippen molar-refractivity contribution in [1.29, 1.82) is 0 Å². The number of fused-ring (bicyclic) bond motifs is 1. The Labute approximate surface area is 204 Å². The topological polar surface area (TPSA) is 73.8 Å². The van der Waals surface area contributed by atoms with Crippen LogP contribution in [0.25, 0.3) is 10.2 Å². The second-order valence-corrected chi connectivity index (χ2v) is 9.31. The number of anilines is 2. The second-order valence-electron chi connectivity index (χ2n) is 8.31. The lowest BCUT2D eigenvalue weighted by atomic mass is 10.1. The summed E-state index contributed by atoms with van der Waals surface area (Å²) in [5, 5.41) is 0.675. The molecule has 0 saturated carbocycles. The molecule has 34 heavy (non-hydrogen) atoms. The molecule has 0 atom stereocenters. The highest BCUT2D eigenvalue weighted by molar-refractivity contribution is 7.22. The molecule has 0 spiro atoms. The van der Waals surface area contributed by atoms with E-state index in [1.807, 2.05) is 6.07 Å². The number of carbonyl (C=O) groups is 3. The molecule has 3 amide bonds. The van der Waals surface area contributed by atoms with E-state index in [1.165, 1.54) is 21.8 Å². The maximum absolute atomic E-state index is 13.6. The molecule has 8 heteroatoms. The number of hydrogen-bond acceptors (Lipinski definition) is 6. The number of carbonyl (C=O) groups excluding carboxylic acids is 3. The predicted octanol–water partition coefficient (Wildman–Crippen LogP) is 4.50. The van der Waals surface area contributed by atoms with Crippen LogP contribution in [0.3, 0.4) is 0 Å². The molecule has 0 unspecified atom stereocenters. The molecule has 1 fully saturated rings. The Kier molecular flexibility index (Phi) is 7.38. The minimum absolute atomic E-state index is 0.146. The van der Waals surface area contributed by atoms with Gasteiger partial charge in [0, 0.05) is 31.5 Å². The van der Waals surface area contributed by atoms with Crippen LogP contribution in [0.2, 0.25) is 0 Å². The molecule has 4 rings (SSSR count). The van der Waals surface area contributed by atoms with Crippen LogP contribution in [0.15, 0.2) is 42.5 Å². The van der Waals surface area contributed by atoms with Crippen LogP contribution in [0.5, 0.6) is 0 Å². The summed E-state index contributed by atoms with van der Waals surface area (Å²) in [6.45, 7) is 9.42. The summed E-state index contributed by atoms with van der Waals surface area (Å²) >= 11 is 1.53. The highest BCUT2D eigenvalue weighted by atomic mass is 32.1. The molecule has 0 aliphatic carbocycles. The van der Waals surface area contributed by atoms with Crippen LogP contribution in [0.1, 0.15) is 49.5 Å². The summed E-state index contributed by atoms with van der Waals surface area (Å²) in [4.78, 5) is 47.7. The molecule has 0 N–H and O–H groups in total. The van der Waals surface area contributed by atoms with Gasteiger partial charge in [-0.1, -0.05) is 38.2 Å². The molecule has 1 aromatic heterocycles. The zero-order valence-corrected chi connectivity index (χ0v) is 20.7. The average molecular weight is 479 g/mol. The van der Waals surface area contributed by atoms with Crippen molar-refractivity contribution in [2.45, 2.75) is 40.0 Å². The minimum Gasteiger partial charge on any atom is -0.302 e. The Balaban J connectivity index is 1.63. The van der Waals surface area contributed by atoms with Gasteiger partial charge < -0.3 is 4.90 Å². The van der Waals surface area contributed by atoms with Crippen molar-refractivity contribution < 1.29 is 14.4 Å². The van der Waals surface area contributed by atoms with Crippen molar-refractivity contribution in [3.63, 3.8) is 0 Å². The first-order valence-electron chi connectivity index (χ1n) is 11.8. The number of nitrogens with zero attached hydrogens (tertiary/aromatic N) is 4. The second kappa shape index (κ2) is 10.4. The maximum atomic E-state index is 13.6. The molecule has 1 aliphatic rings. The van der Waals surface area contributed by atoms with Gasteiger partial charge in [-0.2, -0.15) is 0 Å². The third-order valence-electron chi connectivity index (χ3n) is 6.28. The van der Waals surface area contributed by atoms with Gasteiger partial charge in [0.15, 0.2) is 5.13 Å². The summed E-state index contributed by atoms with van der Waals surface area (Å²) in [5.41, 5.74) is 3.13. The number of imide groups is 1.